The number of rotatable bonds is 6. The minimum absolute atomic E-state index is 0.0211. The molecule has 1 aromatic carbocycles. The molecule has 1 aliphatic carbocycles. The van der Waals surface area contributed by atoms with Gasteiger partial charge in [-0.2, -0.15) is 0 Å². The van der Waals surface area contributed by atoms with Gasteiger partial charge in [-0.25, -0.2) is 8.78 Å². The zero-order valence-corrected chi connectivity index (χ0v) is 15.8. The van der Waals surface area contributed by atoms with Gasteiger partial charge in [0, 0.05) is 48.7 Å². The van der Waals surface area contributed by atoms with Crippen molar-refractivity contribution in [2.75, 3.05) is 0 Å². The van der Waals surface area contributed by atoms with E-state index in [-0.39, 0.29) is 35.0 Å². The molecule has 2 atom stereocenters. The lowest BCUT2D eigenvalue weighted by Gasteiger charge is -2.25. The van der Waals surface area contributed by atoms with Crippen LogP contribution in [0.2, 0.25) is 0 Å². The first-order valence-corrected chi connectivity index (χ1v) is 9.82. The van der Waals surface area contributed by atoms with Gasteiger partial charge in [0.2, 0.25) is 5.91 Å². The molecule has 28 heavy (non-hydrogen) atoms. The van der Waals surface area contributed by atoms with Crippen LogP contribution in [0.4, 0.5) is 8.78 Å². The number of benzene rings is 1. The molecule has 4 rings (SSSR count). The van der Waals surface area contributed by atoms with Gasteiger partial charge >= 0.3 is 0 Å². The first kappa shape index (κ1) is 18.8. The smallest absolute Gasteiger partial charge is 0.270 e. The Morgan fingerprint density at radius 2 is 1.82 bits per heavy atom. The van der Waals surface area contributed by atoms with Crippen molar-refractivity contribution >= 4 is 5.91 Å². The van der Waals surface area contributed by atoms with E-state index in [1.165, 1.54) is 12.1 Å². The Labute approximate surface area is 162 Å². The molecule has 2 aromatic rings. The van der Waals surface area contributed by atoms with Crippen molar-refractivity contribution in [2.24, 2.45) is 0 Å². The molecule has 6 heteroatoms. The molecular formula is C22H24F2N2O2. The Morgan fingerprint density at radius 1 is 1.11 bits per heavy atom. The summed E-state index contributed by atoms with van der Waals surface area (Å²) in [7, 11) is 0. The summed E-state index contributed by atoms with van der Waals surface area (Å²) in [6.45, 7) is 0.884. The molecule has 2 fully saturated rings. The van der Waals surface area contributed by atoms with Crippen molar-refractivity contribution in [1.29, 1.82) is 0 Å². The molecule has 1 aliphatic heterocycles. The normalized spacial score (nSPS) is 20.8. The van der Waals surface area contributed by atoms with Crippen LogP contribution < -0.4 is 10.9 Å². The van der Waals surface area contributed by atoms with Gasteiger partial charge in [0.1, 0.15) is 0 Å². The van der Waals surface area contributed by atoms with E-state index in [4.69, 9.17) is 0 Å². The molecule has 0 radical (unpaired) electrons. The van der Waals surface area contributed by atoms with Gasteiger partial charge in [-0.1, -0.05) is 30.3 Å². The molecule has 1 N–H and O–H groups in total. The lowest BCUT2D eigenvalue weighted by molar-refractivity contribution is -0.119. The van der Waals surface area contributed by atoms with E-state index in [0.717, 1.165) is 37.4 Å². The highest BCUT2D eigenvalue weighted by molar-refractivity contribution is 5.78. The highest BCUT2D eigenvalue weighted by atomic mass is 19.3. The zero-order valence-electron chi connectivity index (χ0n) is 15.8. The second kappa shape index (κ2) is 7.15. The van der Waals surface area contributed by atoms with Crippen molar-refractivity contribution < 1.29 is 13.6 Å². The average molecular weight is 386 g/mol. The minimum Gasteiger partial charge on any atom is -0.353 e. The van der Waals surface area contributed by atoms with E-state index in [9.17, 15) is 18.4 Å². The number of nitrogens with one attached hydrogen (secondary N) is 1. The van der Waals surface area contributed by atoms with Crippen molar-refractivity contribution in [3.63, 3.8) is 0 Å². The van der Waals surface area contributed by atoms with Crippen LogP contribution in [0.5, 0.6) is 0 Å². The van der Waals surface area contributed by atoms with Crippen LogP contribution in [0.3, 0.4) is 0 Å². The molecule has 2 aliphatic rings. The van der Waals surface area contributed by atoms with Gasteiger partial charge in [0.25, 0.3) is 11.5 Å². The van der Waals surface area contributed by atoms with E-state index in [1.54, 1.807) is 24.3 Å². The van der Waals surface area contributed by atoms with Crippen molar-refractivity contribution in [3.8, 4) is 0 Å². The minimum atomic E-state index is -2.89. The van der Waals surface area contributed by atoms with Gasteiger partial charge in [0.15, 0.2) is 0 Å². The van der Waals surface area contributed by atoms with Crippen LogP contribution in [0.15, 0.2) is 47.3 Å². The van der Waals surface area contributed by atoms with Gasteiger partial charge in [-0.15, -0.1) is 0 Å². The van der Waals surface area contributed by atoms with Crippen LogP contribution in [0.25, 0.3) is 0 Å². The second-order valence-electron chi connectivity index (χ2n) is 7.99. The third kappa shape index (κ3) is 3.86. The Kier molecular flexibility index (Phi) is 4.81. The number of carbonyl (C=O) groups excluding carboxylic acids is 1. The summed E-state index contributed by atoms with van der Waals surface area (Å²) in [5, 5.41) is 2.99. The quantitative estimate of drug-likeness (QED) is 0.813. The highest BCUT2D eigenvalue weighted by Crippen LogP contribution is 2.39. The van der Waals surface area contributed by atoms with Crippen LogP contribution >= 0.6 is 0 Å². The monoisotopic (exact) mass is 386 g/mol. The van der Waals surface area contributed by atoms with Gasteiger partial charge < -0.3 is 9.88 Å². The Balaban J connectivity index is 1.74. The maximum absolute atomic E-state index is 13.6. The maximum Gasteiger partial charge on any atom is 0.270 e. The summed E-state index contributed by atoms with van der Waals surface area (Å²) in [4.78, 5) is 24.2. The van der Waals surface area contributed by atoms with Gasteiger partial charge in [0.05, 0.1) is 0 Å². The number of aromatic nitrogens is 1. The number of nitrogens with zero attached hydrogens (tertiary/aromatic N) is 1. The topological polar surface area (TPSA) is 51.1 Å². The van der Waals surface area contributed by atoms with Gasteiger partial charge in [-0.3, -0.25) is 9.59 Å². The SMILES string of the molecule is CC(F)(F)c1ccc([C@@H](C[C@H]2CCC(=O)N2)c2cccc(=O)n2C2CC2)cc1. The Bertz CT molecular complexity index is 927. The summed E-state index contributed by atoms with van der Waals surface area (Å²) >= 11 is 0. The largest absolute Gasteiger partial charge is 0.353 e. The predicted octanol–water partition coefficient (Wildman–Crippen LogP) is 4.10. The molecule has 1 saturated heterocycles. The summed E-state index contributed by atoms with van der Waals surface area (Å²) in [5.74, 6) is -2.99. The van der Waals surface area contributed by atoms with E-state index >= 15 is 0 Å². The molecule has 0 spiro atoms. The van der Waals surface area contributed by atoms with Crippen LogP contribution in [-0.2, 0) is 10.7 Å². The summed E-state index contributed by atoms with van der Waals surface area (Å²) in [6, 6.07) is 11.9. The molecule has 0 bridgehead atoms. The Morgan fingerprint density at radius 3 is 2.39 bits per heavy atom. The molecule has 4 nitrogen and oxygen atoms in total. The van der Waals surface area contributed by atoms with E-state index in [2.05, 4.69) is 5.32 Å². The molecule has 1 aromatic heterocycles. The third-order valence-electron chi connectivity index (χ3n) is 5.72. The lowest BCUT2D eigenvalue weighted by atomic mass is 9.87. The maximum atomic E-state index is 13.6. The predicted molar refractivity (Wildman–Crippen MR) is 103 cm³/mol. The average Bonchev–Trinajstić information content (AvgIpc) is 3.40. The zero-order chi connectivity index (χ0) is 19.9. The molecule has 148 valence electrons. The van der Waals surface area contributed by atoms with Gasteiger partial charge in [-0.05, 0) is 37.3 Å². The fourth-order valence-electron chi connectivity index (χ4n) is 4.10. The van der Waals surface area contributed by atoms with E-state index < -0.39 is 5.92 Å². The third-order valence-corrected chi connectivity index (χ3v) is 5.72. The highest BCUT2D eigenvalue weighted by Gasteiger charge is 2.32. The molecular weight excluding hydrogens is 362 g/mol. The number of hydrogen-bond acceptors (Lipinski definition) is 2. The van der Waals surface area contributed by atoms with E-state index in [1.807, 2.05) is 10.6 Å². The molecule has 2 heterocycles. The fourth-order valence-corrected chi connectivity index (χ4v) is 4.10. The number of carbonyl (C=O) groups is 1. The lowest BCUT2D eigenvalue weighted by Crippen LogP contribution is -2.30. The number of amides is 1. The molecule has 0 unspecified atom stereocenters. The van der Waals surface area contributed by atoms with Crippen molar-refractivity contribution in [3.05, 3.63) is 69.6 Å². The second-order valence-corrected chi connectivity index (χ2v) is 7.99. The number of pyridine rings is 1. The standard InChI is InChI=1S/C22H24F2N2O2/c1-22(23,24)15-7-5-14(6-8-15)18(13-16-9-12-20(27)25-16)19-3-2-4-21(28)26(19)17-10-11-17/h2-8,16-18H,9-13H2,1H3,(H,25,27)/t16-,18-/m1/s1. The van der Waals surface area contributed by atoms with E-state index in [0.29, 0.717) is 12.8 Å². The molecule has 1 amide bonds. The Hall–Kier alpha value is -2.50. The first-order chi connectivity index (χ1) is 13.3. The molecule has 1 saturated carbocycles. The summed E-state index contributed by atoms with van der Waals surface area (Å²) < 4.78 is 29.1. The van der Waals surface area contributed by atoms with Crippen LogP contribution in [0, 0.1) is 0 Å². The number of alkyl halides is 2. The van der Waals surface area contributed by atoms with Crippen LogP contribution in [0.1, 0.15) is 67.8 Å². The number of hydrogen-bond donors (Lipinski definition) is 1. The van der Waals surface area contributed by atoms with Crippen LogP contribution in [-0.4, -0.2) is 16.5 Å². The summed E-state index contributed by atoms with van der Waals surface area (Å²) in [6.07, 6.45) is 3.85. The van der Waals surface area contributed by atoms with Crippen molar-refractivity contribution in [1.82, 2.24) is 9.88 Å². The first-order valence-electron chi connectivity index (χ1n) is 9.82. The fraction of sp³-hybridized carbons (Fsp3) is 0.455. The van der Waals surface area contributed by atoms with Crippen molar-refractivity contribution in [2.45, 2.75) is 63.0 Å². The summed E-state index contributed by atoms with van der Waals surface area (Å²) in [5.41, 5.74) is 1.72. The number of halogens is 2.